The lowest BCUT2D eigenvalue weighted by molar-refractivity contribution is 0.237. The molecule has 1 atom stereocenters. The van der Waals surface area contributed by atoms with Crippen molar-refractivity contribution < 1.29 is 9.47 Å². The number of likely N-dealkylation sites (N-methyl/N-ethyl adjacent to an activating group) is 1. The monoisotopic (exact) mass is 250 g/mol. The Labute approximate surface area is 109 Å². The highest BCUT2D eigenvalue weighted by molar-refractivity contribution is 5.40. The van der Waals surface area contributed by atoms with Gasteiger partial charge in [-0.25, -0.2) is 0 Å². The van der Waals surface area contributed by atoms with Gasteiger partial charge in [0, 0.05) is 25.7 Å². The summed E-state index contributed by atoms with van der Waals surface area (Å²) < 4.78 is 10.7. The van der Waals surface area contributed by atoms with Crippen molar-refractivity contribution in [3.63, 3.8) is 0 Å². The van der Waals surface area contributed by atoms with E-state index >= 15 is 0 Å². The number of nitrogens with zero attached hydrogens (tertiary/aromatic N) is 1. The maximum absolute atomic E-state index is 5.42. The molecule has 0 radical (unpaired) electrons. The minimum atomic E-state index is 0.477. The van der Waals surface area contributed by atoms with Crippen LogP contribution in [-0.4, -0.2) is 51.8 Å². The van der Waals surface area contributed by atoms with Crippen molar-refractivity contribution in [3.8, 4) is 11.5 Å². The Bertz CT molecular complexity index is 395. The fraction of sp³-hybridized carbons (Fsp3) is 0.571. The van der Waals surface area contributed by atoms with E-state index in [0.29, 0.717) is 6.04 Å². The Morgan fingerprint density at radius 2 is 2.17 bits per heavy atom. The van der Waals surface area contributed by atoms with E-state index in [9.17, 15) is 0 Å². The second-order valence-electron chi connectivity index (χ2n) is 4.80. The topological polar surface area (TPSA) is 33.7 Å². The molecule has 1 fully saturated rings. The Kier molecular flexibility index (Phi) is 4.44. The summed E-state index contributed by atoms with van der Waals surface area (Å²) in [5.41, 5.74) is 1.20. The lowest BCUT2D eigenvalue weighted by Gasteiger charge is -2.31. The first-order chi connectivity index (χ1) is 8.72. The molecular formula is C14H22N2O2. The smallest absolute Gasteiger partial charge is 0.122 e. The van der Waals surface area contributed by atoms with E-state index in [4.69, 9.17) is 9.47 Å². The van der Waals surface area contributed by atoms with E-state index in [2.05, 4.69) is 23.3 Å². The van der Waals surface area contributed by atoms with Crippen molar-refractivity contribution in [1.29, 1.82) is 0 Å². The van der Waals surface area contributed by atoms with Crippen LogP contribution in [0.3, 0.4) is 0 Å². The lowest BCUT2D eigenvalue weighted by atomic mass is 10.0. The van der Waals surface area contributed by atoms with E-state index < -0.39 is 0 Å². The summed E-state index contributed by atoms with van der Waals surface area (Å²) in [4.78, 5) is 2.35. The van der Waals surface area contributed by atoms with Gasteiger partial charge in [0.25, 0.3) is 0 Å². The zero-order valence-electron chi connectivity index (χ0n) is 11.4. The molecule has 1 N–H and O–H groups in total. The Balaban J connectivity index is 2.11. The van der Waals surface area contributed by atoms with Gasteiger partial charge < -0.3 is 19.7 Å². The first-order valence-electron chi connectivity index (χ1n) is 6.35. The molecule has 4 nitrogen and oxygen atoms in total. The minimum Gasteiger partial charge on any atom is -0.497 e. The summed E-state index contributed by atoms with van der Waals surface area (Å²) in [6, 6.07) is 6.45. The van der Waals surface area contributed by atoms with Gasteiger partial charge in [-0.3, -0.25) is 0 Å². The van der Waals surface area contributed by atoms with Gasteiger partial charge in [0.1, 0.15) is 11.5 Å². The molecule has 1 saturated heterocycles. The van der Waals surface area contributed by atoms with Gasteiger partial charge in [-0.2, -0.15) is 0 Å². The molecule has 1 heterocycles. The standard InChI is InChI=1S/C14H22N2O2/c1-16-7-6-15-12(10-16)8-11-9-13(17-2)4-5-14(11)18-3/h4-5,9,12,15H,6-8,10H2,1-3H3. The van der Waals surface area contributed by atoms with Gasteiger partial charge >= 0.3 is 0 Å². The van der Waals surface area contributed by atoms with Crippen LogP contribution in [0.2, 0.25) is 0 Å². The number of benzene rings is 1. The summed E-state index contributed by atoms with van der Waals surface area (Å²) in [6.07, 6.45) is 0.963. The Morgan fingerprint density at radius 3 is 2.83 bits per heavy atom. The van der Waals surface area contributed by atoms with Crippen molar-refractivity contribution >= 4 is 0 Å². The first kappa shape index (κ1) is 13.2. The van der Waals surface area contributed by atoms with Crippen LogP contribution >= 0.6 is 0 Å². The summed E-state index contributed by atoms with van der Waals surface area (Å²) in [7, 11) is 5.57. The van der Waals surface area contributed by atoms with Crippen LogP contribution in [0.15, 0.2) is 18.2 Å². The van der Waals surface area contributed by atoms with Gasteiger partial charge in [0.2, 0.25) is 0 Å². The third kappa shape index (κ3) is 3.15. The fourth-order valence-corrected chi connectivity index (χ4v) is 2.44. The molecule has 1 aliphatic heterocycles. The van der Waals surface area contributed by atoms with Crippen LogP contribution in [-0.2, 0) is 6.42 Å². The van der Waals surface area contributed by atoms with E-state index in [1.165, 1.54) is 5.56 Å². The molecule has 0 bridgehead atoms. The number of nitrogens with one attached hydrogen (secondary N) is 1. The number of ether oxygens (including phenoxy) is 2. The SMILES string of the molecule is COc1ccc(OC)c(CC2CN(C)CCN2)c1. The van der Waals surface area contributed by atoms with Crippen molar-refractivity contribution in [3.05, 3.63) is 23.8 Å². The second kappa shape index (κ2) is 6.07. The zero-order valence-corrected chi connectivity index (χ0v) is 11.4. The average molecular weight is 250 g/mol. The van der Waals surface area contributed by atoms with Crippen LogP contribution in [0.25, 0.3) is 0 Å². The van der Waals surface area contributed by atoms with Crippen LogP contribution < -0.4 is 14.8 Å². The normalized spacial score (nSPS) is 20.7. The van der Waals surface area contributed by atoms with Crippen LogP contribution in [0, 0.1) is 0 Å². The highest BCUT2D eigenvalue weighted by atomic mass is 16.5. The van der Waals surface area contributed by atoms with E-state index in [1.807, 2.05) is 12.1 Å². The quantitative estimate of drug-likeness (QED) is 0.869. The Hall–Kier alpha value is -1.26. The molecule has 4 heteroatoms. The van der Waals surface area contributed by atoms with Crippen LogP contribution in [0.4, 0.5) is 0 Å². The first-order valence-corrected chi connectivity index (χ1v) is 6.35. The van der Waals surface area contributed by atoms with Crippen LogP contribution in [0.1, 0.15) is 5.56 Å². The number of rotatable bonds is 4. The van der Waals surface area contributed by atoms with Crippen molar-refractivity contribution in [2.75, 3.05) is 40.9 Å². The number of piperazine rings is 1. The molecule has 0 saturated carbocycles. The average Bonchev–Trinajstić information content (AvgIpc) is 2.38. The molecular weight excluding hydrogens is 228 g/mol. The minimum absolute atomic E-state index is 0.477. The molecule has 1 aliphatic rings. The molecule has 1 unspecified atom stereocenters. The Morgan fingerprint density at radius 1 is 1.33 bits per heavy atom. The highest BCUT2D eigenvalue weighted by Crippen LogP contribution is 2.25. The predicted molar refractivity (Wildman–Crippen MR) is 72.5 cm³/mol. The maximum Gasteiger partial charge on any atom is 0.122 e. The van der Waals surface area contributed by atoms with E-state index in [-0.39, 0.29) is 0 Å². The molecule has 0 amide bonds. The summed E-state index contributed by atoms with van der Waals surface area (Å²) in [5, 5.41) is 3.55. The molecule has 0 aliphatic carbocycles. The molecule has 0 spiro atoms. The van der Waals surface area contributed by atoms with Gasteiger partial charge in [0.15, 0.2) is 0 Å². The second-order valence-corrected chi connectivity index (χ2v) is 4.80. The highest BCUT2D eigenvalue weighted by Gasteiger charge is 2.18. The molecule has 1 aromatic rings. The third-order valence-corrected chi connectivity index (χ3v) is 3.41. The third-order valence-electron chi connectivity index (χ3n) is 3.41. The number of hydrogen-bond donors (Lipinski definition) is 1. The van der Waals surface area contributed by atoms with Crippen molar-refractivity contribution in [2.45, 2.75) is 12.5 Å². The van der Waals surface area contributed by atoms with E-state index in [1.54, 1.807) is 14.2 Å². The maximum atomic E-state index is 5.42. The molecule has 18 heavy (non-hydrogen) atoms. The number of hydrogen-bond acceptors (Lipinski definition) is 4. The molecule has 0 aromatic heterocycles. The molecule has 100 valence electrons. The number of methoxy groups -OCH3 is 2. The summed E-state index contributed by atoms with van der Waals surface area (Å²) in [6.45, 7) is 3.24. The fourth-order valence-electron chi connectivity index (χ4n) is 2.44. The lowest BCUT2D eigenvalue weighted by Crippen LogP contribution is -2.49. The van der Waals surface area contributed by atoms with Crippen molar-refractivity contribution in [1.82, 2.24) is 10.2 Å². The van der Waals surface area contributed by atoms with Crippen LogP contribution in [0.5, 0.6) is 11.5 Å². The van der Waals surface area contributed by atoms with Crippen molar-refractivity contribution in [2.24, 2.45) is 0 Å². The summed E-state index contributed by atoms with van der Waals surface area (Å²) in [5.74, 6) is 1.82. The molecule has 2 rings (SSSR count). The van der Waals surface area contributed by atoms with Gasteiger partial charge in [-0.05, 0) is 37.2 Å². The van der Waals surface area contributed by atoms with E-state index in [0.717, 1.165) is 37.6 Å². The zero-order chi connectivity index (χ0) is 13.0. The predicted octanol–water partition coefficient (Wildman–Crippen LogP) is 1.15. The largest absolute Gasteiger partial charge is 0.497 e. The molecule has 1 aromatic carbocycles. The van der Waals surface area contributed by atoms with Gasteiger partial charge in [0.05, 0.1) is 14.2 Å². The summed E-state index contributed by atoms with van der Waals surface area (Å²) >= 11 is 0. The van der Waals surface area contributed by atoms with Gasteiger partial charge in [-0.15, -0.1) is 0 Å². The van der Waals surface area contributed by atoms with Gasteiger partial charge in [-0.1, -0.05) is 0 Å².